The molecule has 0 fully saturated rings. The first-order valence-corrected chi connectivity index (χ1v) is 8.29. The zero-order valence-electron chi connectivity index (χ0n) is 15.4. The molecule has 3 amide bonds. The number of hydrogen-bond acceptors (Lipinski definition) is 3. The fourth-order valence-electron chi connectivity index (χ4n) is 2.58. The van der Waals surface area contributed by atoms with Crippen LogP contribution in [0.4, 0.5) is 17.1 Å². The van der Waals surface area contributed by atoms with Crippen molar-refractivity contribution in [1.82, 2.24) is 0 Å². The van der Waals surface area contributed by atoms with Crippen LogP contribution in [-0.4, -0.2) is 24.3 Å². The number of amides is 3. The number of anilines is 3. The summed E-state index contributed by atoms with van der Waals surface area (Å²) in [7, 11) is 0. The lowest BCUT2D eigenvalue weighted by molar-refractivity contribution is -0.120. The second-order valence-electron chi connectivity index (χ2n) is 6.13. The highest BCUT2D eigenvalue weighted by Gasteiger charge is 2.18. The van der Waals surface area contributed by atoms with E-state index in [-0.39, 0.29) is 24.3 Å². The quantitative estimate of drug-likeness (QED) is 0.866. The zero-order valence-corrected chi connectivity index (χ0v) is 15.4. The molecule has 2 rings (SSSR count). The Hall–Kier alpha value is -3.15. The second kappa shape index (κ2) is 8.29. The van der Waals surface area contributed by atoms with Crippen LogP contribution in [0, 0.1) is 13.8 Å². The molecule has 0 aliphatic heterocycles. The maximum absolute atomic E-state index is 12.4. The molecule has 0 atom stereocenters. The summed E-state index contributed by atoms with van der Waals surface area (Å²) in [6, 6.07) is 12.5. The maximum Gasteiger partial charge on any atom is 0.244 e. The van der Waals surface area contributed by atoms with E-state index < -0.39 is 0 Å². The Kier molecular flexibility index (Phi) is 6.11. The average Bonchev–Trinajstić information content (AvgIpc) is 2.56. The molecule has 6 heteroatoms. The molecule has 0 saturated heterocycles. The van der Waals surface area contributed by atoms with E-state index in [9.17, 15) is 14.4 Å². The smallest absolute Gasteiger partial charge is 0.244 e. The van der Waals surface area contributed by atoms with Crippen LogP contribution in [0.1, 0.15) is 25.0 Å². The fourth-order valence-corrected chi connectivity index (χ4v) is 2.58. The molecule has 0 spiro atoms. The molecule has 2 aromatic rings. The standard InChI is InChI=1S/C20H23N3O3/c1-13-6-5-7-19(14(13)2)23(16(4)25)12-20(26)22-18-10-8-17(9-11-18)21-15(3)24/h5-11H,12H2,1-4H3,(H,21,24)(H,22,26). The van der Waals surface area contributed by atoms with Crippen LogP contribution in [0.5, 0.6) is 0 Å². The van der Waals surface area contributed by atoms with Crippen molar-refractivity contribution in [2.24, 2.45) is 0 Å². The summed E-state index contributed by atoms with van der Waals surface area (Å²) in [6.07, 6.45) is 0. The Morgan fingerprint density at radius 3 is 2.00 bits per heavy atom. The largest absolute Gasteiger partial charge is 0.326 e. The molecule has 2 N–H and O–H groups in total. The van der Waals surface area contributed by atoms with Gasteiger partial charge in [-0.25, -0.2) is 0 Å². The van der Waals surface area contributed by atoms with Crippen molar-refractivity contribution in [2.75, 3.05) is 22.1 Å². The number of benzene rings is 2. The highest BCUT2D eigenvalue weighted by atomic mass is 16.2. The number of hydrogen-bond donors (Lipinski definition) is 2. The van der Waals surface area contributed by atoms with Crippen molar-refractivity contribution in [1.29, 1.82) is 0 Å². The molecule has 0 heterocycles. The van der Waals surface area contributed by atoms with Crippen molar-refractivity contribution in [3.63, 3.8) is 0 Å². The van der Waals surface area contributed by atoms with Crippen molar-refractivity contribution in [3.05, 3.63) is 53.6 Å². The van der Waals surface area contributed by atoms with Crippen LogP contribution >= 0.6 is 0 Å². The normalized spacial score (nSPS) is 10.2. The predicted molar refractivity (Wildman–Crippen MR) is 103 cm³/mol. The molecular weight excluding hydrogens is 330 g/mol. The Labute approximate surface area is 153 Å². The number of rotatable bonds is 5. The molecule has 136 valence electrons. The summed E-state index contributed by atoms with van der Waals surface area (Å²) in [6.45, 7) is 6.69. The number of nitrogens with one attached hydrogen (secondary N) is 2. The Balaban J connectivity index is 2.10. The van der Waals surface area contributed by atoms with Gasteiger partial charge in [-0.05, 0) is 55.3 Å². The van der Waals surface area contributed by atoms with Crippen LogP contribution in [0.15, 0.2) is 42.5 Å². The SMILES string of the molecule is CC(=O)Nc1ccc(NC(=O)CN(C(C)=O)c2cccc(C)c2C)cc1. The van der Waals surface area contributed by atoms with Crippen molar-refractivity contribution in [3.8, 4) is 0 Å². The Bertz CT molecular complexity index is 829. The summed E-state index contributed by atoms with van der Waals surface area (Å²) in [4.78, 5) is 36.9. The van der Waals surface area contributed by atoms with Gasteiger partial charge in [-0.2, -0.15) is 0 Å². The molecule has 6 nitrogen and oxygen atoms in total. The molecule has 0 unspecified atom stereocenters. The summed E-state index contributed by atoms with van der Waals surface area (Å²) in [5, 5.41) is 5.43. The third-order valence-corrected chi connectivity index (χ3v) is 4.04. The lowest BCUT2D eigenvalue weighted by Gasteiger charge is -2.23. The van der Waals surface area contributed by atoms with Crippen LogP contribution in [0.25, 0.3) is 0 Å². The van der Waals surface area contributed by atoms with Crippen molar-refractivity contribution < 1.29 is 14.4 Å². The van der Waals surface area contributed by atoms with Gasteiger partial charge in [-0.15, -0.1) is 0 Å². The predicted octanol–water partition coefficient (Wildman–Crippen LogP) is 3.25. The monoisotopic (exact) mass is 353 g/mol. The minimum atomic E-state index is -0.298. The molecule has 0 radical (unpaired) electrons. The van der Waals surface area contributed by atoms with E-state index in [0.29, 0.717) is 11.4 Å². The third-order valence-electron chi connectivity index (χ3n) is 4.04. The number of carbonyl (C=O) groups excluding carboxylic acids is 3. The van der Waals surface area contributed by atoms with Crippen molar-refractivity contribution >= 4 is 34.8 Å². The van der Waals surface area contributed by atoms with Gasteiger partial charge in [-0.1, -0.05) is 12.1 Å². The number of nitrogens with zero attached hydrogens (tertiary/aromatic N) is 1. The van der Waals surface area contributed by atoms with Gasteiger partial charge in [-0.3, -0.25) is 14.4 Å². The lowest BCUT2D eigenvalue weighted by Crippen LogP contribution is -2.37. The molecule has 0 aliphatic carbocycles. The van der Waals surface area contributed by atoms with Gasteiger partial charge in [0.05, 0.1) is 0 Å². The van der Waals surface area contributed by atoms with Gasteiger partial charge in [0.25, 0.3) is 0 Å². The first-order chi connectivity index (χ1) is 12.3. The summed E-state index contributed by atoms with van der Waals surface area (Å²) < 4.78 is 0. The lowest BCUT2D eigenvalue weighted by atomic mass is 10.1. The Morgan fingerprint density at radius 2 is 1.46 bits per heavy atom. The van der Waals surface area contributed by atoms with E-state index >= 15 is 0 Å². The van der Waals surface area contributed by atoms with E-state index in [0.717, 1.165) is 16.8 Å². The third kappa shape index (κ3) is 4.92. The molecule has 2 aromatic carbocycles. The Morgan fingerprint density at radius 1 is 0.885 bits per heavy atom. The molecule has 0 aliphatic rings. The fraction of sp³-hybridized carbons (Fsp3) is 0.250. The van der Waals surface area contributed by atoms with Gasteiger partial charge in [0.1, 0.15) is 6.54 Å². The van der Waals surface area contributed by atoms with Gasteiger partial charge in [0, 0.05) is 30.9 Å². The van der Waals surface area contributed by atoms with E-state index in [2.05, 4.69) is 10.6 Å². The first-order valence-electron chi connectivity index (χ1n) is 8.29. The summed E-state index contributed by atoms with van der Waals surface area (Å²) in [5.41, 5.74) is 4.00. The van der Waals surface area contributed by atoms with Crippen LogP contribution < -0.4 is 15.5 Å². The van der Waals surface area contributed by atoms with Crippen LogP contribution in [0.3, 0.4) is 0 Å². The summed E-state index contributed by atoms with van der Waals surface area (Å²) in [5.74, 6) is -0.657. The van der Waals surface area contributed by atoms with Crippen LogP contribution in [-0.2, 0) is 14.4 Å². The zero-order chi connectivity index (χ0) is 19.3. The minimum Gasteiger partial charge on any atom is -0.326 e. The molecule has 0 aromatic heterocycles. The number of aryl methyl sites for hydroxylation is 1. The van der Waals surface area contributed by atoms with E-state index in [1.807, 2.05) is 32.0 Å². The first kappa shape index (κ1) is 19.2. The highest BCUT2D eigenvalue weighted by molar-refractivity contribution is 6.02. The molecule has 26 heavy (non-hydrogen) atoms. The van der Waals surface area contributed by atoms with E-state index in [1.54, 1.807) is 24.3 Å². The van der Waals surface area contributed by atoms with Gasteiger partial charge in [0.2, 0.25) is 17.7 Å². The second-order valence-corrected chi connectivity index (χ2v) is 6.13. The topological polar surface area (TPSA) is 78.5 Å². The molecular formula is C20H23N3O3. The van der Waals surface area contributed by atoms with Crippen LogP contribution in [0.2, 0.25) is 0 Å². The summed E-state index contributed by atoms with van der Waals surface area (Å²) >= 11 is 0. The molecule has 0 saturated carbocycles. The van der Waals surface area contributed by atoms with E-state index in [4.69, 9.17) is 0 Å². The van der Waals surface area contributed by atoms with Gasteiger partial charge < -0.3 is 15.5 Å². The molecule has 0 bridgehead atoms. The number of carbonyl (C=O) groups is 3. The average molecular weight is 353 g/mol. The minimum absolute atomic E-state index is 0.0763. The maximum atomic E-state index is 12.4. The van der Waals surface area contributed by atoms with Gasteiger partial charge in [0.15, 0.2) is 0 Å². The highest BCUT2D eigenvalue weighted by Crippen LogP contribution is 2.23. The van der Waals surface area contributed by atoms with Crippen molar-refractivity contribution in [2.45, 2.75) is 27.7 Å². The van der Waals surface area contributed by atoms with E-state index in [1.165, 1.54) is 18.7 Å². The van der Waals surface area contributed by atoms with Gasteiger partial charge >= 0.3 is 0 Å².